The van der Waals surface area contributed by atoms with Crippen molar-refractivity contribution in [3.8, 4) is 0 Å². The summed E-state index contributed by atoms with van der Waals surface area (Å²) in [5, 5.41) is 2.44. The van der Waals surface area contributed by atoms with Gasteiger partial charge in [-0.05, 0) is 44.4 Å². The third kappa shape index (κ3) is 2.42. The van der Waals surface area contributed by atoms with Gasteiger partial charge in [0.25, 0.3) is 0 Å². The van der Waals surface area contributed by atoms with Crippen LogP contribution in [0.4, 0.5) is 5.82 Å². The van der Waals surface area contributed by atoms with E-state index in [9.17, 15) is 0 Å². The van der Waals surface area contributed by atoms with Crippen LogP contribution in [0.2, 0.25) is 0 Å². The molecule has 0 saturated carbocycles. The SMILES string of the molecule is CC1CCC(CN)CN1c1nccc2c(Br)cccc12. The standard InChI is InChI=1S/C16H20BrN3/c1-11-5-6-12(9-18)10-20(11)16-14-3-2-4-15(17)13(14)7-8-19-16/h2-4,7-8,11-12H,5-6,9-10,18H2,1H3. The lowest BCUT2D eigenvalue weighted by molar-refractivity contribution is 0.372. The third-order valence-electron chi connectivity index (χ3n) is 4.32. The zero-order valence-corrected chi connectivity index (χ0v) is 13.3. The molecule has 106 valence electrons. The Morgan fingerprint density at radius 2 is 2.15 bits per heavy atom. The summed E-state index contributed by atoms with van der Waals surface area (Å²) in [4.78, 5) is 7.08. The minimum Gasteiger partial charge on any atom is -0.353 e. The second-order valence-corrected chi connectivity index (χ2v) is 6.50. The van der Waals surface area contributed by atoms with Crippen molar-refractivity contribution in [2.45, 2.75) is 25.8 Å². The Balaban J connectivity index is 2.07. The van der Waals surface area contributed by atoms with Crippen molar-refractivity contribution >= 4 is 32.5 Å². The number of benzene rings is 1. The maximum absolute atomic E-state index is 5.87. The third-order valence-corrected chi connectivity index (χ3v) is 5.01. The van der Waals surface area contributed by atoms with Crippen LogP contribution in [0.25, 0.3) is 10.8 Å². The number of halogens is 1. The molecule has 0 radical (unpaired) electrons. The van der Waals surface area contributed by atoms with E-state index in [1.54, 1.807) is 0 Å². The number of anilines is 1. The van der Waals surface area contributed by atoms with Gasteiger partial charge in [0.2, 0.25) is 0 Å². The molecule has 3 nitrogen and oxygen atoms in total. The summed E-state index contributed by atoms with van der Waals surface area (Å²) in [6, 6.07) is 8.90. The van der Waals surface area contributed by atoms with E-state index >= 15 is 0 Å². The van der Waals surface area contributed by atoms with E-state index in [0.29, 0.717) is 12.0 Å². The van der Waals surface area contributed by atoms with Gasteiger partial charge < -0.3 is 10.6 Å². The number of rotatable bonds is 2. The summed E-state index contributed by atoms with van der Waals surface area (Å²) >= 11 is 3.63. The maximum atomic E-state index is 5.87. The van der Waals surface area contributed by atoms with E-state index in [-0.39, 0.29) is 0 Å². The molecule has 0 amide bonds. The van der Waals surface area contributed by atoms with Crippen molar-refractivity contribution in [1.82, 2.24) is 4.98 Å². The number of aromatic nitrogens is 1. The van der Waals surface area contributed by atoms with E-state index < -0.39 is 0 Å². The van der Waals surface area contributed by atoms with E-state index in [1.807, 2.05) is 6.20 Å². The van der Waals surface area contributed by atoms with Crippen LogP contribution in [-0.4, -0.2) is 24.1 Å². The van der Waals surface area contributed by atoms with Crippen molar-refractivity contribution in [1.29, 1.82) is 0 Å². The molecule has 1 aromatic carbocycles. The van der Waals surface area contributed by atoms with E-state index in [2.05, 4.69) is 57.0 Å². The number of hydrogen-bond acceptors (Lipinski definition) is 3. The predicted molar refractivity (Wildman–Crippen MR) is 88.0 cm³/mol. The van der Waals surface area contributed by atoms with Crippen LogP contribution < -0.4 is 10.6 Å². The molecular weight excluding hydrogens is 314 g/mol. The van der Waals surface area contributed by atoms with Crippen LogP contribution in [0.15, 0.2) is 34.9 Å². The molecule has 0 bridgehead atoms. The van der Waals surface area contributed by atoms with Crippen molar-refractivity contribution in [2.24, 2.45) is 11.7 Å². The van der Waals surface area contributed by atoms with Crippen molar-refractivity contribution in [2.75, 3.05) is 18.0 Å². The lowest BCUT2D eigenvalue weighted by atomic mass is 9.93. The minimum absolute atomic E-state index is 0.523. The molecule has 1 aliphatic rings. The van der Waals surface area contributed by atoms with Gasteiger partial charge >= 0.3 is 0 Å². The zero-order valence-electron chi connectivity index (χ0n) is 11.7. The van der Waals surface area contributed by atoms with E-state index in [4.69, 9.17) is 5.73 Å². The summed E-state index contributed by atoms with van der Waals surface area (Å²) in [6.07, 6.45) is 4.32. The average Bonchev–Trinajstić information content (AvgIpc) is 2.48. The highest BCUT2D eigenvalue weighted by Crippen LogP contribution is 2.33. The van der Waals surface area contributed by atoms with Crippen LogP contribution in [0.5, 0.6) is 0 Å². The molecule has 1 aliphatic heterocycles. The van der Waals surface area contributed by atoms with Crippen LogP contribution in [0.1, 0.15) is 19.8 Å². The fourth-order valence-corrected chi connectivity index (χ4v) is 3.55. The quantitative estimate of drug-likeness (QED) is 0.913. The summed E-state index contributed by atoms with van der Waals surface area (Å²) in [7, 11) is 0. The second-order valence-electron chi connectivity index (χ2n) is 5.65. The van der Waals surface area contributed by atoms with Crippen molar-refractivity contribution < 1.29 is 0 Å². The van der Waals surface area contributed by atoms with Gasteiger partial charge in [-0.15, -0.1) is 0 Å². The summed E-state index contributed by atoms with van der Waals surface area (Å²) < 4.78 is 1.12. The molecule has 3 rings (SSSR count). The van der Waals surface area contributed by atoms with Gasteiger partial charge in [-0.1, -0.05) is 28.1 Å². The number of nitrogens with two attached hydrogens (primary N) is 1. The van der Waals surface area contributed by atoms with Gasteiger partial charge in [-0.2, -0.15) is 0 Å². The zero-order chi connectivity index (χ0) is 14.1. The number of pyridine rings is 1. The summed E-state index contributed by atoms with van der Waals surface area (Å²) in [5.41, 5.74) is 5.87. The number of fused-ring (bicyclic) bond motifs is 1. The van der Waals surface area contributed by atoms with Gasteiger partial charge in [0.1, 0.15) is 5.82 Å². The maximum Gasteiger partial charge on any atom is 0.136 e. The molecule has 1 aromatic heterocycles. The Morgan fingerprint density at radius 3 is 2.95 bits per heavy atom. The fraction of sp³-hybridized carbons (Fsp3) is 0.438. The molecule has 20 heavy (non-hydrogen) atoms. The smallest absolute Gasteiger partial charge is 0.136 e. The lowest BCUT2D eigenvalue weighted by Crippen LogP contribution is -2.44. The molecule has 2 heterocycles. The first kappa shape index (κ1) is 13.8. The minimum atomic E-state index is 0.523. The first-order valence-electron chi connectivity index (χ1n) is 7.20. The molecule has 0 aliphatic carbocycles. The number of piperidine rings is 1. The second kappa shape index (κ2) is 5.70. The largest absolute Gasteiger partial charge is 0.353 e. The number of hydrogen-bond donors (Lipinski definition) is 1. The molecule has 0 spiro atoms. The van der Waals surface area contributed by atoms with Crippen molar-refractivity contribution in [3.63, 3.8) is 0 Å². The Kier molecular flexibility index (Phi) is 3.94. The first-order chi connectivity index (χ1) is 9.70. The highest BCUT2D eigenvalue weighted by molar-refractivity contribution is 9.10. The molecule has 4 heteroatoms. The Hall–Kier alpha value is -1.13. The van der Waals surface area contributed by atoms with Gasteiger partial charge in [0.15, 0.2) is 0 Å². The number of nitrogens with zero attached hydrogens (tertiary/aromatic N) is 2. The molecule has 2 aromatic rings. The van der Waals surface area contributed by atoms with Crippen molar-refractivity contribution in [3.05, 3.63) is 34.9 Å². The summed E-state index contributed by atoms with van der Waals surface area (Å²) in [5.74, 6) is 1.67. The average molecular weight is 334 g/mol. The Bertz CT molecular complexity index is 614. The highest BCUT2D eigenvalue weighted by Gasteiger charge is 2.26. The molecular formula is C16H20BrN3. The molecule has 1 fully saturated rings. The highest BCUT2D eigenvalue weighted by atomic mass is 79.9. The normalized spacial score (nSPS) is 23.2. The van der Waals surface area contributed by atoms with Gasteiger partial charge in [0, 0.05) is 34.0 Å². The fourth-order valence-electron chi connectivity index (χ4n) is 3.05. The lowest BCUT2D eigenvalue weighted by Gasteiger charge is -2.39. The summed E-state index contributed by atoms with van der Waals surface area (Å²) in [6.45, 7) is 4.05. The topological polar surface area (TPSA) is 42.1 Å². The van der Waals surface area contributed by atoms with Crippen LogP contribution in [0.3, 0.4) is 0 Å². The molecule has 2 atom stereocenters. The van der Waals surface area contributed by atoms with E-state index in [1.165, 1.54) is 23.6 Å². The van der Waals surface area contributed by atoms with Gasteiger partial charge in [0.05, 0.1) is 0 Å². The van der Waals surface area contributed by atoms with E-state index in [0.717, 1.165) is 23.4 Å². The van der Waals surface area contributed by atoms with Gasteiger partial charge in [-0.25, -0.2) is 4.98 Å². The monoisotopic (exact) mass is 333 g/mol. The molecule has 2 unspecified atom stereocenters. The van der Waals surface area contributed by atoms with Gasteiger partial charge in [-0.3, -0.25) is 0 Å². The molecule has 2 N–H and O–H groups in total. The van der Waals surface area contributed by atoms with Crippen LogP contribution in [-0.2, 0) is 0 Å². The van der Waals surface area contributed by atoms with Crippen LogP contribution in [0, 0.1) is 5.92 Å². The predicted octanol–water partition coefficient (Wildman–Crippen LogP) is 3.56. The Morgan fingerprint density at radius 1 is 1.30 bits per heavy atom. The molecule has 1 saturated heterocycles. The Labute approximate surface area is 128 Å². The van der Waals surface area contributed by atoms with Crippen LogP contribution >= 0.6 is 15.9 Å². The first-order valence-corrected chi connectivity index (χ1v) is 8.00.